The second-order valence-electron chi connectivity index (χ2n) is 9.02. The van der Waals surface area contributed by atoms with Gasteiger partial charge in [-0.15, -0.1) is 0 Å². The molecule has 180 valence electrons. The smallest absolute Gasteiger partial charge is 0.338 e. The van der Waals surface area contributed by atoms with Crippen LogP contribution in [0.3, 0.4) is 0 Å². The predicted octanol–water partition coefficient (Wildman–Crippen LogP) is 6.10. The zero-order valence-electron chi connectivity index (χ0n) is 20.4. The number of hydrogen-bond acceptors (Lipinski definition) is 6. The number of oxazole rings is 1. The van der Waals surface area contributed by atoms with Crippen LogP contribution in [-0.4, -0.2) is 30.3 Å². The van der Waals surface area contributed by atoms with Crippen molar-refractivity contribution in [1.82, 2.24) is 4.98 Å². The van der Waals surface area contributed by atoms with E-state index in [4.69, 9.17) is 18.6 Å². The summed E-state index contributed by atoms with van der Waals surface area (Å²) in [5, 5.41) is 0. The summed E-state index contributed by atoms with van der Waals surface area (Å²) in [6.07, 6.45) is 4.04. The Hall–Kier alpha value is -2.96. The largest absolute Gasteiger partial charge is 0.465 e. The van der Waals surface area contributed by atoms with Crippen LogP contribution in [-0.2, 0) is 27.4 Å². The molecule has 1 aromatic heterocycles. The molecule has 0 saturated heterocycles. The predicted molar refractivity (Wildman–Crippen MR) is 130 cm³/mol. The van der Waals surface area contributed by atoms with E-state index in [2.05, 4.69) is 24.0 Å². The Morgan fingerprint density at radius 1 is 1.00 bits per heavy atom. The molecule has 4 rings (SSSR count). The second-order valence-corrected chi connectivity index (χ2v) is 9.02. The highest BCUT2D eigenvalue weighted by Gasteiger charge is 2.25. The number of hydrogen-bond donors (Lipinski definition) is 0. The van der Waals surface area contributed by atoms with E-state index in [1.807, 2.05) is 44.2 Å². The second kappa shape index (κ2) is 11.0. The molecule has 1 unspecified atom stereocenters. The lowest BCUT2D eigenvalue weighted by atomic mass is 9.94. The van der Waals surface area contributed by atoms with Crippen molar-refractivity contribution in [3.8, 4) is 11.5 Å². The minimum atomic E-state index is -0.324. The zero-order chi connectivity index (χ0) is 24.1. The maximum absolute atomic E-state index is 12.2. The van der Waals surface area contributed by atoms with Crippen LogP contribution in [0.5, 0.6) is 0 Å². The highest BCUT2D eigenvalue weighted by atomic mass is 16.5. The van der Waals surface area contributed by atoms with E-state index in [9.17, 15) is 4.79 Å². The van der Waals surface area contributed by atoms with Gasteiger partial charge in [0.05, 0.1) is 38.1 Å². The van der Waals surface area contributed by atoms with Crippen molar-refractivity contribution >= 4 is 5.97 Å². The van der Waals surface area contributed by atoms with Gasteiger partial charge in [-0.3, -0.25) is 0 Å². The highest BCUT2D eigenvalue weighted by Crippen LogP contribution is 2.28. The van der Waals surface area contributed by atoms with Gasteiger partial charge in [0, 0.05) is 5.56 Å². The number of benzene rings is 2. The van der Waals surface area contributed by atoms with Gasteiger partial charge < -0.3 is 18.6 Å². The van der Waals surface area contributed by atoms with Crippen LogP contribution in [0.1, 0.15) is 64.2 Å². The van der Waals surface area contributed by atoms with Gasteiger partial charge in [-0.1, -0.05) is 35.9 Å². The summed E-state index contributed by atoms with van der Waals surface area (Å²) in [4.78, 5) is 16.9. The maximum atomic E-state index is 12.2. The molecule has 1 aliphatic rings. The van der Waals surface area contributed by atoms with Gasteiger partial charge in [-0.25, -0.2) is 9.78 Å². The third kappa shape index (κ3) is 5.75. The summed E-state index contributed by atoms with van der Waals surface area (Å²) < 4.78 is 23.3. The molecule has 34 heavy (non-hydrogen) atoms. The standard InChI is InChI=1S/C28H33NO5/c1-18-11-13-21(14-12-18)27-29-25(20(3)34-27)17-33-24-10-6-9-23(15-24)32-16-22-8-5-7-19(2)26(22)28(30)31-4/h5,7-8,11-14,23-24H,6,9-10,15-17H2,1-4H3/t23?,24-/m0/s1. The number of aryl methyl sites for hydroxylation is 3. The van der Waals surface area contributed by atoms with Crippen molar-refractivity contribution in [3.63, 3.8) is 0 Å². The minimum Gasteiger partial charge on any atom is -0.465 e. The van der Waals surface area contributed by atoms with Crippen LogP contribution in [0.25, 0.3) is 11.5 Å². The average molecular weight is 464 g/mol. The van der Waals surface area contributed by atoms with Crippen molar-refractivity contribution in [2.45, 2.75) is 71.9 Å². The zero-order valence-corrected chi connectivity index (χ0v) is 20.4. The van der Waals surface area contributed by atoms with Crippen molar-refractivity contribution in [1.29, 1.82) is 0 Å². The van der Waals surface area contributed by atoms with E-state index >= 15 is 0 Å². The van der Waals surface area contributed by atoms with E-state index in [1.165, 1.54) is 12.7 Å². The third-order valence-electron chi connectivity index (χ3n) is 6.45. The number of esters is 1. The molecule has 1 heterocycles. The van der Waals surface area contributed by atoms with Gasteiger partial charge in [-0.2, -0.15) is 0 Å². The number of methoxy groups -OCH3 is 1. The number of ether oxygens (including phenoxy) is 3. The minimum absolute atomic E-state index is 0.0892. The van der Waals surface area contributed by atoms with Crippen LogP contribution in [0.4, 0.5) is 0 Å². The van der Waals surface area contributed by atoms with Gasteiger partial charge in [0.1, 0.15) is 11.5 Å². The van der Waals surface area contributed by atoms with Crippen molar-refractivity contribution in [3.05, 3.63) is 76.2 Å². The van der Waals surface area contributed by atoms with Crippen LogP contribution in [0.15, 0.2) is 46.9 Å². The third-order valence-corrected chi connectivity index (χ3v) is 6.45. The number of carbonyl (C=O) groups is 1. The molecule has 3 aromatic rings. The molecule has 0 N–H and O–H groups in total. The van der Waals surface area contributed by atoms with Gasteiger partial charge in [0.25, 0.3) is 0 Å². The first-order valence-corrected chi connectivity index (χ1v) is 11.9. The molecule has 6 nitrogen and oxygen atoms in total. The Kier molecular flexibility index (Phi) is 7.80. The summed E-state index contributed by atoms with van der Waals surface area (Å²) in [6, 6.07) is 13.9. The first-order chi connectivity index (χ1) is 16.4. The van der Waals surface area contributed by atoms with Gasteiger partial charge in [0.15, 0.2) is 0 Å². The fourth-order valence-corrected chi connectivity index (χ4v) is 4.43. The Balaban J connectivity index is 1.33. The molecular weight excluding hydrogens is 430 g/mol. The first kappa shape index (κ1) is 24.2. The molecule has 0 spiro atoms. The molecule has 1 saturated carbocycles. The molecule has 0 radical (unpaired) electrons. The SMILES string of the molecule is COC(=O)c1c(C)cccc1COC1CCC[C@H](OCc2nc(-c3ccc(C)cc3)oc2C)C1. The molecule has 1 fully saturated rings. The lowest BCUT2D eigenvalue weighted by Gasteiger charge is -2.29. The fraction of sp³-hybridized carbons (Fsp3) is 0.429. The summed E-state index contributed by atoms with van der Waals surface area (Å²) in [5.74, 6) is 1.09. The number of aromatic nitrogens is 1. The summed E-state index contributed by atoms with van der Waals surface area (Å²) in [7, 11) is 1.41. The highest BCUT2D eigenvalue weighted by molar-refractivity contribution is 5.92. The van der Waals surface area contributed by atoms with Crippen LogP contribution >= 0.6 is 0 Å². The van der Waals surface area contributed by atoms with Crippen LogP contribution < -0.4 is 0 Å². The first-order valence-electron chi connectivity index (χ1n) is 11.9. The molecule has 6 heteroatoms. The van der Waals surface area contributed by atoms with Gasteiger partial charge in [0.2, 0.25) is 5.89 Å². The molecule has 0 aliphatic heterocycles. The molecule has 0 bridgehead atoms. The Labute approximate surface area is 201 Å². The summed E-state index contributed by atoms with van der Waals surface area (Å²) in [6.45, 7) is 6.70. The summed E-state index contributed by atoms with van der Waals surface area (Å²) in [5.41, 5.74) is 5.35. The van der Waals surface area contributed by atoms with Crippen molar-refractivity contribution in [2.24, 2.45) is 0 Å². The lowest BCUT2D eigenvalue weighted by molar-refractivity contribution is -0.0564. The average Bonchev–Trinajstić information content (AvgIpc) is 3.22. The van der Waals surface area contributed by atoms with Crippen LogP contribution in [0, 0.1) is 20.8 Å². The molecule has 2 atom stereocenters. The quantitative estimate of drug-likeness (QED) is 0.376. The van der Waals surface area contributed by atoms with Crippen molar-refractivity contribution in [2.75, 3.05) is 7.11 Å². The Morgan fingerprint density at radius 2 is 1.71 bits per heavy atom. The Bertz CT molecular complexity index is 1120. The monoisotopic (exact) mass is 463 g/mol. The Morgan fingerprint density at radius 3 is 2.41 bits per heavy atom. The number of rotatable bonds is 8. The molecule has 1 aliphatic carbocycles. The maximum Gasteiger partial charge on any atom is 0.338 e. The number of carbonyl (C=O) groups excluding carboxylic acids is 1. The van der Waals surface area contributed by atoms with E-state index in [0.717, 1.165) is 53.8 Å². The van der Waals surface area contributed by atoms with Gasteiger partial charge in [-0.05, 0) is 69.7 Å². The van der Waals surface area contributed by atoms with E-state index < -0.39 is 0 Å². The van der Waals surface area contributed by atoms with Crippen LogP contribution in [0.2, 0.25) is 0 Å². The topological polar surface area (TPSA) is 70.8 Å². The lowest BCUT2D eigenvalue weighted by Crippen LogP contribution is -2.28. The molecule has 0 amide bonds. The molecular formula is C28H33NO5. The number of nitrogens with zero attached hydrogens (tertiary/aromatic N) is 1. The van der Waals surface area contributed by atoms with E-state index in [0.29, 0.717) is 24.7 Å². The van der Waals surface area contributed by atoms with E-state index in [-0.39, 0.29) is 18.2 Å². The normalized spacial score (nSPS) is 18.1. The summed E-state index contributed by atoms with van der Waals surface area (Å²) >= 11 is 0. The van der Waals surface area contributed by atoms with Crippen molar-refractivity contribution < 1.29 is 23.4 Å². The van der Waals surface area contributed by atoms with Gasteiger partial charge >= 0.3 is 5.97 Å². The van der Waals surface area contributed by atoms with E-state index in [1.54, 1.807) is 0 Å². The fourth-order valence-electron chi connectivity index (χ4n) is 4.43. The molecule has 2 aromatic carbocycles.